The van der Waals surface area contributed by atoms with Gasteiger partial charge in [-0.1, -0.05) is 12.1 Å². The second-order valence-electron chi connectivity index (χ2n) is 6.02. The van der Waals surface area contributed by atoms with Crippen LogP contribution in [0.1, 0.15) is 11.1 Å². The van der Waals surface area contributed by atoms with E-state index in [9.17, 15) is 17.6 Å². The average Bonchev–Trinajstić information content (AvgIpc) is 3.03. The number of pyridine rings is 2. The Morgan fingerprint density at radius 3 is 2.56 bits per heavy atom. The molecule has 0 spiro atoms. The van der Waals surface area contributed by atoms with Gasteiger partial charge in [-0.2, -0.15) is 18.3 Å². The van der Waals surface area contributed by atoms with Crippen molar-refractivity contribution in [3.8, 4) is 11.1 Å². The molecule has 4 nitrogen and oxygen atoms in total. The van der Waals surface area contributed by atoms with Gasteiger partial charge in [-0.3, -0.25) is 14.6 Å². The summed E-state index contributed by atoms with van der Waals surface area (Å²) >= 11 is 0. The summed E-state index contributed by atoms with van der Waals surface area (Å²) in [5.41, 5.74) is 2.06. The van der Waals surface area contributed by atoms with Crippen LogP contribution >= 0.6 is 0 Å². The van der Waals surface area contributed by atoms with Gasteiger partial charge in [-0.05, 0) is 35.4 Å². The average molecular weight is 372 g/mol. The van der Waals surface area contributed by atoms with Crippen LogP contribution in [0.2, 0.25) is 0 Å². The van der Waals surface area contributed by atoms with Gasteiger partial charge in [-0.25, -0.2) is 4.39 Å². The molecule has 0 N–H and O–H groups in total. The number of nitrogens with zero attached hydrogens (tertiary/aromatic N) is 4. The van der Waals surface area contributed by atoms with Crippen LogP contribution in [0.4, 0.5) is 17.6 Å². The lowest BCUT2D eigenvalue weighted by atomic mass is 10.0. The first-order valence-electron chi connectivity index (χ1n) is 7.99. The molecular formula is C19H12F4N4. The predicted molar refractivity (Wildman–Crippen MR) is 91.3 cm³/mol. The molecule has 136 valence electrons. The molecule has 0 atom stereocenters. The quantitative estimate of drug-likeness (QED) is 0.490. The van der Waals surface area contributed by atoms with E-state index in [1.165, 1.54) is 24.5 Å². The molecular weight excluding hydrogens is 360 g/mol. The third-order valence-electron chi connectivity index (χ3n) is 4.11. The molecule has 0 aliphatic rings. The third-order valence-corrected chi connectivity index (χ3v) is 4.11. The van der Waals surface area contributed by atoms with Crippen molar-refractivity contribution in [3.05, 3.63) is 78.1 Å². The summed E-state index contributed by atoms with van der Waals surface area (Å²) in [6.45, 7) is 0.266. The maximum absolute atomic E-state index is 13.3. The van der Waals surface area contributed by atoms with E-state index in [4.69, 9.17) is 0 Å². The van der Waals surface area contributed by atoms with Gasteiger partial charge in [0, 0.05) is 18.0 Å². The van der Waals surface area contributed by atoms with Gasteiger partial charge < -0.3 is 0 Å². The van der Waals surface area contributed by atoms with E-state index < -0.39 is 17.6 Å². The van der Waals surface area contributed by atoms with Crippen molar-refractivity contribution in [2.45, 2.75) is 12.7 Å². The lowest BCUT2D eigenvalue weighted by Gasteiger charge is -2.09. The first kappa shape index (κ1) is 17.1. The molecule has 0 radical (unpaired) electrons. The Kier molecular flexibility index (Phi) is 4.10. The Morgan fingerprint density at radius 1 is 0.926 bits per heavy atom. The number of aromatic nitrogens is 4. The SMILES string of the molecule is Fc1cncc(Cn2ncc3ncc(-c4cccc(C(F)(F)F)c4)cc32)c1. The summed E-state index contributed by atoms with van der Waals surface area (Å²) in [7, 11) is 0. The molecule has 0 unspecified atom stereocenters. The second-order valence-corrected chi connectivity index (χ2v) is 6.02. The monoisotopic (exact) mass is 372 g/mol. The van der Waals surface area contributed by atoms with Crippen LogP contribution in [0.3, 0.4) is 0 Å². The summed E-state index contributed by atoms with van der Waals surface area (Å²) in [5.74, 6) is -0.452. The number of hydrogen-bond donors (Lipinski definition) is 0. The number of alkyl halides is 3. The van der Waals surface area contributed by atoms with Gasteiger partial charge in [0.25, 0.3) is 0 Å². The zero-order chi connectivity index (χ0) is 19.0. The van der Waals surface area contributed by atoms with Crippen LogP contribution in [-0.2, 0) is 12.7 Å². The van der Waals surface area contributed by atoms with E-state index in [1.807, 2.05) is 0 Å². The van der Waals surface area contributed by atoms with E-state index in [0.29, 0.717) is 27.7 Å². The number of fused-ring (bicyclic) bond motifs is 1. The van der Waals surface area contributed by atoms with Crippen LogP contribution in [0.15, 0.2) is 61.2 Å². The molecule has 4 rings (SSSR count). The van der Waals surface area contributed by atoms with Crippen molar-refractivity contribution < 1.29 is 17.6 Å². The Hall–Kier alpha value is -3.29. The maximum atomic E-state index is 13.3. The Bertz CT molecular complexity index is 1120. The summed E-state index contributed by atoms with van der Waals surface area (Å²) in [4.78, 5) is 8.08. The van der Waals surface area contributed by atoms with Crippen LogP contribution in [-0.4, -0.2) is 19.7 Å². The molecule has 0 fully saturated rings. The minimum absolute atomic E-state index is 0.266. The molecule has 1 aromatic carbocycles. The topological polar surface area (TPSA) is 43.6 Å². The van der Waals surface area contributed by atoms with Gasteiger partial charge in [-0.15, -0.1) is 0 Å². The number of benzene rings is 1. The predicted octanol–water partition coefficient (Wildman–Crippen LogP) is 4.70. The highest BCUT2D eigenvalue weighted by Crippen LogP contribution is 2.32. The molecule has 27 heavy (non-hydrogen) atoms. The molecule has 0 saturated heterocycles. The smallest absolute Gasteiger partial charge is 0.261 e. The molecule has 0 amide bonds. The zero-order valence-corrected chi connectivity index (χ0v) is 13.8. The molecule has 0 aliphatic heterocycles. The van der Waals surface area contributed by atoms with Crippen molar-refractivity contribution in [2.24, 2.45) is 0 Å². The lowest BCUT2D eigenvalue weighted by molar-refractivity contribution is -0.137. The largest absolute Gasteiger partial charge is 0.416 e. The highest BCUT2D eigenvalue weighted by atomic mass is 19.4. The highest BCUT2D eigenvalue weighted by molar-refractivity contribution is 5.80. The number of rotatable bonds is 3. The van der Waals surface area contributed by atoms with Crippen LogP contribution < -0.4 is 0 Å². The van der Waals surface area contributed by atoms with Crippen molar-refractivity contribution in [3.63, 3.8) is 0 Å². The fraction of sp³-hybridized carbons (Fsp3) is 0.105. The van der Waals surface area contributed by atoms with Gasteiger partial charge in [0.15, 0.2) is 0 Å². The maximum Gasteiger partial charge on any atom is 0.416 e. The summed E-state index contributed by atoms with van der Waals surface area (Å²) < 4.78 is 53.8. The fourth-order valence-electron chi connectivity index (χ4n) is 2.83. The highest BCUT2D eigenvalue weighted by Gasteiger charge is 2.30. The van der Waals surface area contributed by atoms with E-state index in [0.717, 1.165) is 18.3 Å². The molecule has 0 bridgehead atoms. The minimum Gasteiger partial charge on any atom is -0.261 e. The standard InChI is InChI=1S/C19H12F4N4/c20-16-4-12(7-24-9-16)11-27-18-6-14(8-25-17(18)10-26-27)13-2-1-3-15(5-13)19(21,22)23/h1-10H,11H2. The van der Waals surface area contributed by atoms with E-state index >= 15 is 0 Å². The first-order chi connectivity index (χ1) is 12.9. The van der Waals surface area contributed by atoms with E-state index in [-0.39, 0.29) is 6.54 Å². The van der Waals surface area contributed by atoms with Crippen molar-refractivity contribution >= 4 is 11.0 Å². The Balaban J connectivity index is 1.74. The van der Waals surface area contributed by atoms with Crippen molar-refractivity contribution in [1.29, 1.82) is 0 Å². The summed E-state index contributed by atoms with van der Waals surface area (Å²) in [5, 5.41) is 4.24. The summed E-state index contributed by atoms with van der Waals surface area (Å²) in [6, 6.07) is 8.13. The molecule has 0 aliphatic carbocycles. The van der Waals surface area contributed by atoms with Crippen LogP contribution in [0.5, 0.6) is 0 Å². The van der Waals surface area contributed by atoms with Crippen molar-refractivity contribution in [1.82, 2.24) is 19.7 Å². The van der Waals surface area contributed by atoms with Crippen molar-refractivity contribution in [2.75, 3.05) is 0 Å². The van der Waals surface area contributed by atoms with Crippen LogP contribution in [0, 0.1) is 5.82 Å². The van der Waals surface area contributed by atoms with E-state index in [1.54, 1.807) is 23.0 Å². The van der Waals surface area contributed by atoms with Gasteiger partial charge in [0.1, 0.15) is 11.3 Å². The second kappa shape index (κ2) is 6.46. The Morgan fingerprint density at radius 2 is 1.78 bits per heavy atom. The molecule has 8 heteroatoms. The molecule has 4 aromatic rings. The third kappa shape index (κ3) is 3.51. The first-order valence-corrected chi connectivity index (χ1v) is 7.99. The zero-order valence-electron chi connectivity index (χ0n) is 13.8. The number of halogens is 4. The van der Waals surface area contributed by atoms with E-state index in [2.05, 4.69) is 15.1 Å². The molecule has 3 aromatic heterocycles. The Labute approximate surface area is 151 Å². The van der Waals surface area contributed by atoms with Crippen LogP contribution in [0.25, 0.3) is 22.2 Å². The van der Waals surface area contributed by atoms with Gasteiger partial charge >= 0.3 is 6.18 Å². The van der Waals surface area contributed by atoms with Gasteiger partial charge in [0.05, 0.1) is 30.0 Å². The fourth-order valence-corrected chi connectivity index (χ4v) is 2.83. The molecule has 0 saturated carbocycles. The van der Waals surface area contributed by atoms with Gasteiger partial charge in [0.2, 0.25) is 0 Å². The minimum atomic E-state index is -4.42. The molecule has 3 heterocycles. The number of hydrogen-bond acceptors (Lipinski definition) is 3. The summed E-state index contributed by atoms with van der Waals surface area (Å²) in [6.07, 6.45) is 1.28. The lowest BCUT2D eigenvalue weighted by Crippen LogP contribution is -2.04. The normalized spacial score (nSPS) is 11.9.